The number of hydrogen-bond donors (Lipinski definition) is 0. The Hall–Kier alpha value is -1.24. The van der Waals surface area contributed by atoms with Gasteiger partial charge in [0.1, 0.15) is 0 Å². The van der Waals surface area contributed by atoms with Gasteiger partial charge in [-0.2, -0.15) is 4.31 Å². The molecule has 3 rings (SSSR count). The number of pyridine rings is 1. The molecule has 1 unspecified atom stereocenters. The number of hydrogen-bond acceptors (Lipinski definition) is 3. The van der Waals surface area contributed by atoms with E-state index < -0.39 is 10.0 Å². The number of aromatic nitrogens is 1. The Morgan fingerprint density at radius 1 is 1.24 bits per heavy atom. The average molecular weight is 367 g/mol. The summed E-state index contributed by atoms with van der Waals surface area (Å²) >= 11 is 3.33. The summed E-state index contributed by atoms with van der Waals surface area (Å²) in [7, 11) is -3.48. The molecule has 1 aliphatic heterocycles. The summed E-state index contributed by atoms with van der Waals surface area (Å²) < 4.78 is 28.1. The lowest BCUT2D eigenvalue weighted by Crippen LogP contribution is -2.30. The third-order valence-electron chi connectivity index (χ3n) is 3.68. The van der Waals surface area contributed by atoms with Crippen LogP contribution in [0.3, 0.4) is 0 Å². The van der Waals surface area contributed by atoms with E-state index in [4.69, 9.17) is 0 Å². The van der Waals surface area contributed by atoms with Crippen molar-refractivity contribution in [2.45, 2.75) is 23.8 Å². The number of halogens is 1. The summed E-state index contributed by atoms with van der Waals surface area (Å²) in [6, 6.07) is 10.5. The van der Waals surface area contributed by atoms with E-state index in [1.54, 1.807) is 34.9 Å². The first-order valence-corrected chi connectivity index (χ1v) is 9.00. The third-order valence-corrected chi connectivity index (χ3v) is 6.07. The number of sulfonamides is 1. The van der Waals surface area contributed by atoms with Crippen molar-refractivity contribution in [3.8, 4) is 0 Å². The molecule has 0 radical (unpaired) electrons. The van der Waals surface area contributed by atoms with Crippen LogP contribution in [0.15, 0.2) is 58.2 Å². The summed E-state index contributed by atoms with van der Waals surface area (Å²) in [6.07, 6.45) is 5.15. The van der Waals surface area contributed by atoms with E-state index in [-0.39, 0.29) is 6.04 Å². The van der Waals surface area contributed by atoms with Gasteiger partial charge in [-0.05, 0) is 42.7 Å². The van der Waals surface area contributed by atoms with E-state index in [2.05, 4.69) is 20.9 Å². The lowest BCUT2D eigenvalue weighted by Gasteiger charge is -2.24. The first kappa shape index (κ1) is 14.7. The Balaban J connectivity index is 1.98. The first-order chi connectivity index (χ1) is 10.1. The molecule has 1 aromatic carbocycles. The van der Waals surface area contributed by atoms with Gasteiger partial charge >= 0.3 is 0 Å². The zero-order valence-corrected chi connectivity index (χ0v) is 13.7. The van der Waals surface area contributed by atoms with Crippen LogP contribution >= 0.6 is 15.9 Å². The normalized spacial score (nSPS) is 19.8. The van der Waals surface area contributed by atoms with Crippen LogP contribution in [-0.2, 0) is 10.0 Å². The molecule has 0 amide bonds. The molecule has 0 bridgehead atoms. The molecule has 0 saturated carbocycles. The Kier molecular flexibility index (Phi) is 4.10. The lowest BCUT2D eigenvalue weighted by molar-refractivity contribution is 0.396. The fourth-order valence-corrected chi connectivity index (χ4v) is 4.98. The van der Waals surface area contributed by atoms with E-state index >= 15 is 0 Å². The Morgan fingerprint density at radius 2 is 2.10 bits per heavy atom. The van der Waals surface area contributed by atoms with Gasteiger partial charge in [-0.1, -0.05) is 28.1 Å². The van der Waals surface area contributed by atoms with Crippen LogP contribution in [0.25, 0.3) is 0 Å². The molecule has 2 heterocycles. The van der Waals surface area contributed by atoms with Gasteiger partial charge in [0.15, 0.2) is 0 Å². The summed E-state index contributed by atoms with van der Waals surface area (Å²) in [4.78, 5) is 4.43. The first-order valence-electron chi connectivity index (χ1n) is 6.76. The van der Waals surface area contributed by atoms with Gasteiger partial charge < -0.3 is 0 Å². The largest absolute Gasteiger partial charge is 0.264 e. The van der Waals surface area contributed by atoms with Gasteiger partial charge in [-0.25, -0.2) is 8.42 Å². The maximum atomic E-state index is 12.9. The van der Waals surface area contributed by atoms with Crippen LogP contribution in [0.5, 0.6) is 0 Å². The number of nitrogens with zero attached hydrogens (tertiary/aromatic N) is 2. The van der Waals surface area contributed by atoms with Crippen LogP contribution in [0, 0.1) is 0 Å². The fourth-order valence-electron chi connectivity index (χ4n) is 2.70. The van der Waals surface area contributed by atoms with E-state index in [1.165, 1.54) is 0 Å². The molecule has 1 aliphatic rings. The van der Waals surface area contributed by atoms with Crippen molar-refractivity contribution in [1.82, 2.24) is 9.29 Å². The van der Waals surface area contributed by atoms with E-state index in [0.29, 0.717) is 11.4 Å². The monoisotopic (exact) mass is 366 g/mol. The number of rotatable bonds is 3. The smallest absolute Gasteiger partial charge is 0.243 e. The number of benzene rings is 1. The van der Waals surface area contributed by atoms with Crippen molar-refractivity contribution in [3.63, 3.8) is 0 Å². The third kappa shape index (κ3) is 2.88. The average Bonchev–Trinajstić information content (AvgIpc) is 2.98. The van der Waals surface area contributed by atoms with Gasteiger partial charge in [0.2, 0.25) is 10.0 Å². The SMILES string of the molecule is O=S(=O)(c1cccc(Br)c1)N1CCCC1c1cccnc1. The minimum Gasteiger partial charge on any atom is -0.264 e. The fraction of sp³-hybridized carbons (Fsp3) is 0.267. The molecular formula is C15H15BrN2O2S. The molecule has 0 spiro atoms. The molecule has 1 saturated heterocycles. The summed E-state index contributed by atoms with van der Waals surface area (Å²) in [6.45, 7) is 0.550. The minimum absolute atomic E-state index is 0.123. The van der Waals surface area contributed by atoms with E-state index in [9.17, 15) is 8.42 Å². The highest BCUT2D eigenvalue weighted by Crippen LogP contribution is 2.36. The minimum atomic E-state index is -3.48. The highest BCUT2D eigenvalue weighted by molar-refractivity contribution is 9.10. The second-order valence-corrected chi connectivity index (χ2v) is 7.82. The molecular weight excluding hydrogens is 352 g/mol. The van der Waals surface area contributed by atoms with Gasteiger partial charge in [0, 0.05) is 23.4 Å². The highest BCUT2D eigenvalue weighted by atomic mass is 79.9. The zero-order chi connectivity index (χ0) is 14.9. The molecule has 0 aliphatic carbocycles. The molecule has 1 atom stereocenters. The standard InChI is InChI=1S/C15H15BrN2O2S/c16-13-5-1-6-14(10-13)21(19,20)18-9-3-7-15(18)12-4-2-8-17-11-12/h1-2,4-6,8,10-11,15H,3,7,9H2. The Bertz CT molecular complexity index is 734. The zero-order valence-electron chi connectivity index (χ0n) is 11.3. The van der Waals surface area contributed by atoms with Gasteiger partial charge in [-0.3, -0.25) is 4.98 Å². The van der Waals surface area contributed by atoms with Crippen molar-refractivity contribution in [2.24, 2.45) is 0 Å². The van der Waals surface area contributed by atoms with Crippen LogP contribution in [0.2, 0.25) is 0 Å². The molecule has 4 nitrogen and oxygen atoms in total. The molecule has 110 valence electrons. The van der Waals surface area contributed by atoms with Crippen LogP contribution in [-0.4, -0.2) is 24.3 Å². The van der Waals surface area contributed by atoms with Crippen molar-refractivity contribution in [1.29, 1.82) is 0 Å². The molecule has 21 heavy (non-hydrogen) atoms. The predicted molar refractivity (Wildman–Crippen MR) is 84.2 cm³/mol. The maximum absolute atomic E-state index is 12.9. The van der Waals surface area contributed by atoms with Crippen molar-refractivity contribution < 1.29 is 8.42 Å². The highest BCUT2D eigenvalue weighted by Gasteiger charge is 2.36. The summed E-state index contributed by atoms with van der Waals surface area (Å²) in [5, 5.41) is 0. The molecule has 2 aromatic rings. The van der Waals surface area contributed by atoms with Crippen molar-refractivity contribution >= 4 is 26.0 Å². The summed E-state index contributed by atoms with van der Waals surface area (Å²) in [5.74, 6) is 0. The topological polar surface area (TPSA) is 50.3 Å². The van der Waals surface area contributed by atoms with Gasteiger partial charge in [-0.15, -0.1) is 0 Å². The predicted octanol–water partition coefficient (Wildman–Crippen LogP) is 3.37. The van der Waals surface area contributed by atoms with E-state index in [1.807, 2.05) is 18.2 Å². The Morgan fingerprint density at radius 3 is 2.81 bits per heavy atom. The molecule has 6 heteroatoms. The molecule has 0 N–H and O–H groups in total. The lowest BCUT2D eigenvalue weighted by atomic mass is 10.1. The molecule has 1 aromatic heterocycles. The Labute approximate surface area is 133 Å². The van der Waals surface area contributed by atoms with Crippen molar-refractivity contribution in [3.05, 3.63) is 58.8 Å². The second-order valence-electron chi connectivity index (χ2n) is 5.02. The van der Waals surface area contributed by atoms with Gasteiger partial charge in [0.25, 0.3) is 0 Å². The quantitative estimate of drug-likeness (QED) is 0.836. The van der Waals surface area contributed by atoms with E-state index in [0.717, 1.165) is 22.9 Å². The molecule has 1 fully saturated rings. The second kappa shape index (κ2) is 5.87. The van der Waals surface area contributed by atoms with Crippen LogP contribution in [0.1, 0.15) is 24.4 Å². The summed E-state index contributed by atoms with van der Waals surface area (Å²) in [5.41, 5.74) is 0.952. The van der Waals surface area contributed by atoms with Crippen LogP contribution < -0.4 is 0 Å². The maximum Gasteiger partial charge on any atom is 0.243 e. The van der Waals surface area contributed by atoms with Gasteiger partial charge in [0.05, 0.1) is 10.9 Å². The van der Waals surface area contributed by atoms with Crippen molar-refractivity contribution in [2.75, 3.05) is 6.54 Å². The van der Waals surface area contributed by atoms with Crippen LogP contribution in [0.4, 0.5) is 0 Å².